The summed E-state index contributed by atoms with van der Waals surface area (Å²) >= 11 is 0. The molecule has 0 fully saturated rings. The standard InChI is InChI=1S/C19H17N3O3/c1-2-11-24-18-10-6-4-8-16(18)13-21-22-19(23)14-25-17-9-5-3-7-15(17)12-20/h2-10,13H,1,11,14H2,(H,22,23)/b21-13-. The molecule has 0 aromatic heterocycles. The van der Waals surface area contributed by atoms with Crippen LogP contribution in [0.1, 0.15) is 11.1 Å². The van der Waals surface area contributed by atoms with Crippen LogP contribution in [0.4, 0.5) is 0 Å². The molecule has 0 atom stereocenters. The highest BCUT2D eigenvalue weighted by Gasteiger charge is 2.05. The van der Waals surface area contributed by atoms with Crippen LogP contribution in [0, 0.1) is 11.3 Å². The van der Waals surface area contributed by atoms with Crippen molar-refractivity contribution < 1.29 is 14.3 Å². The zero-order valence-electron chi connectivity index (χ0n) is 13.5. The molecule has 0 unspecified atom stereocenters. The van der Waals surface area contributed by atoms with Crippen LogP contribution in [-0.4, -0.2) is 25.3 Å². The molecule has 0 aliphatic rings. The van der Waals surface area contributed by atoms with Crippen molar-refractivity contribution in [3.05, 3.63) is 72.3 Å². The van der Waals surface area contributed by atoms with Gasteiger partial charge < -0.3 is 9.47 Å². The number of nitrogens with zero attached hydrogens (tertiary/aromatic N) is 2. The molecule has 0 saturated heterocycles. The Bertz CT molecular complexity index is 810. The SMILES string of the molecule is C=CCOc1ccccc1/C=N\NC(=O)COc1ccccc1C#N. The Kier molecular flexibility index (Phi) is 6.77. The Morgan fingerprint density at radius 3 is 2.64 bits per heavy atom. The van der Waals surface area contributed by atoms with E-state index in [2.05, 4.69) is 17.1 Å². The van der Waals surface area contributed by atoms with Gasteiger partial charge in [0.1, 0.15) is 24.2 Å². The van der Waals surface area contributed by atoms with E-state index in [-0.39, 0.29) is 6.61 Å². The van der Waals surface area contributed by atoms with E-state index in [0.717, 1.165) is 5.56 Å². The molecule has 0 spiro atoms. The summed E-state index contributed by atoms with van der Waals surface area (Å²) in [6.45, 7) is 3.73. The Balaban J connectivity index is 1.89. The highest BCUT2D eigenvalue weighted by molar-refractivity contribution is 5.85. The smallest absolute Gasteiger partial charge is 0.277 e. The maximum absolute atomic E-state index is 11.8. The van der Waals surface area contributed by atoms with E-state index < -0.39 is 5.91 Å². The molecule has 1 amide bonds. The minimum atomic E-state index is -0.437. The first-order valence-corrected chi connectivity index (χ1v) is 7.51. The summed E-state index contributed by atoms with van der Waals surface area (Å²) in [4.78, 5) is 11.8. The van der Waals surface area contributed by atoms with Crippen molar-refractivity contribution in [3.8, 4) is 17.6 Å². The number of hydrogen-bond acceptors (Lipinski definition) is 5. The van der Waals surface area contributed by atoms with Gasteiger partial charge in [0.2, 0.25) is 0 Å². The molecule has 126 valence electrons. The Hall–Kier alpha value is -3.59. The summed E-state index contributed by atoms with van der Waals surface area (Å²) in [6, 6.07) is 16.0. The van der Waals surface area contributed by atoms with Gasteiger partial charge in [-0.25, -0.2) is 5.43 Å². The predicted octanol–water partition coefficient (Wildman–Crippen LogP) is 2.65. The highest BCUT2D eigenvalue weighted by atomic mass is 16.5. The first-order valence-electron chi connectivity index (χ1n) is 7.51. The molecule has 0 aliphatic heterocycles. The van der Waals surface area contributed by atoms with Crippen LogP contribution in [0.2, 0.25) is 0 Å². The second-order valence-corrected chi connectivity index (χ2v) is 4.83. The Labute approximate surface area is 146 Å². The second-order valence-electron chi connectivity index (χ2n) is 4.83. The number of amides is 1. The molecular formula is C19H17N3O3. The second kappa shape index (κ2) is 9.53. The Morgan fingerprint density at radius 2 is 1.88 bits per heavy atom. The maximum Gasteiger partial charge on any atom is 0.277 e. The van der Waals surface area contributed by atoms with E-state index in [1.807, 2.05) is 24.3 Å². The van der Waals surface area contributed by atoms with Crippen molar-refractivity contribution >= 4 is 12.1 Å². The molecule has 0 bridgehead atoms. The normalized spacial score (nSPS) is 10.0. The molecule has 2 rings (SSSR count). The fourth-order valence-electron chi connectivity index (χ4n) is 1.90. The third kappa shape index (κ3) is 5.52. The van der Waals surface area contributed by atoms with Crippen LogP contribution in [0.3, 0.4) is 0 Å². The number of carbonyl (C=O) groups is 1. The summed E-state index contributed by atoms with van der Waals surface area (Å²) in [5.74, 6) is 0.556. The minimum Gasteiger partial charge on any atom is -0.489 e. The van der Waals surface area contributed by atoms with Crippen molar-refractivity contribution in [1.82, 2.24) is 5.43 Å². The third-order valence-electron chi connectivity index (χ3n) is 3.03. The lowest BCUT2D eigenvalue weighted by molar-refractivity contribution is -0.123. The zero-order chi connectivity index (χ0) is 17.9. The molecule has 25 heavy (non-hydrogen) atoms. The lowest BCUT2D eigenvalue weighted by Gasteiger charge is -2.07. The van der Waals surface area contributed by atoms with Crippen LogP contribution in [-0.2, 0) is 4.79 Å². The Morgan fingerprint density at radius 1 is 1.16 bits per heavy atom. The van der Waals surface area contributed by atoms with Gasteiger partial charge in [0.15, 0.2) is 6.61 Å². The largest absolute Gasteiger partial charge is 0.489 e. The number of nitriles is 1. The van der Waals surface area contributed by atoms with Gasteiger partial charge in [-0.3, -0.25) is 4.79 Å². The topological polar surface area (TPSA) is 83.7 Å². The number of ether oxygens (including phenoxy) is 2. The summed E-state index contributed by atoms with van der Waals surface area (Å²) in [5, 5.41) is 12.9. The molecule has 2 aromatic carbocycles. The monoisotopic (exact) mass is 335 g/mol. The van der Waals surface area contributed by atoms with Gasteiger partial charge in [0.25, 0.3) is 5.91 Å². The summed E-state index contributed by atoms with van der Waals surface area (Å²) in [7, 11) is 0. The van der Waals surface area contributed by atoms with Gasteiger partial charge in [-0.2, -0.15) is 10.4 Å². The van der Waals surface area contributed by atoms with Crippen molar-refractivity contribution in [1.29, 1.82) is 5.26 Å². The van der Waals surface area contributed by atoms with Crippen LogP contribution in [0.15, 0.2) is 66.3 Å². The van der Waals surface area contributed by atoms with Crippen LogP contribution in [0.5, 0.6) is 11.5 Å². The maximum atomic E-state index is 11.8. The lowest BCUT2D eigenvalue weighted by Crippen LogP contribution is -2.24. The molecule has 0 heterocycles. The first kappa shape index (κ1) is 17.8. The van der Waals surface area contributed by atoms with Gasteiger partial charge in [0.05, 0.1) is 11.8 Å². The van der Waals surface area contributed by atoms with Crippen molar-refractivity contribution in [2.24, 2.45) is 5.10 Å². The van der Waals surface area contributed by atoms with Gasteiger partial charge in [-0.1, -0.05) is 36.9 Å². The first-order chi connectivity index (χ1) is 12.2. The lowest BCUT2D eigenvalue weighted by atomic mass is 10.2. The van der Waals surface area contributed by atoms with E-state index in [4.69, 9.17) is 14.7 Å². The van der Waals surface area contributed by atoms with Gasteiger partial charge in [-0.05, 0) is 24.3 Å². The quantitative estimate of drug-likeness (QED) is 0.457. The minimum absolute atomic E-state index is 0.245. The third-order valence-corrected chi connectivity index (χ3v) is 3.03. The summed E-state index contributed by atoms with van der Waals surface area (Å²) in [6.07, 6.45) is 3.13. The van der Waals surface area contributed by atoms with E-state index >= 15 is 0 Å². The highest BCUT2D eigenvalue weighted by Crippen LogP contribution is 2.16. The van der Waals surface area contributed by atoms with Crippen LogP contribution in [0.25, 0.3) is 0 Å². The summed E-state index contributed by atoms with van der Waals surface area (Å²) in [5.41, 5.74) is 3.46. The molecule has 0 aliphatic carbocycles. The van der Waals surface area contributed by atoms with E-state index in [0.29, 0.717) is 23.7 Å². The van der Waals surface area contributed by atoms with Gasteiger partial charge >= 0.3 is 0 Å². The predicted molar refractivity (Wildman–Crippen MR) is 94.5 cm³/mol. The van der Waals surface area contributed by atoms with Gasteiger partial charge in [0, 0.05) is 5.56 Å². The average molecular weight is 335 g/mol. The van der Waals surface area contributed by atoms with E-state index in [1.165, 1.54) is 6.21 Å². The summed E-state index contributed by atoms with van der Waals surface area (Å²) < 4.78 is 10.8. The van der Waals surface area contributed by atoms with Crippen molar-refractivity contribution in [2.45, 2.75) is 0 Å². The molecule has 6 heteroatoms. The number of hydrazone groups is 1. The number of nitrogens with one attached hydrogen (secondary N) is 1. The van der Waals surface area contributed by atoms with E-state index in [1.54, 1.807) is 36.4 Å². The number of hydrogen-bond donors (Lipinski definition) is 1. The number of benzene rings is 2. The fourth-order valence-corrected chi connectivity index (χ4v) is 1.90. The average Bonchev–Trinajstić information content (AvgIpc) is 2.65. The fraction of sp³-hybridized carbons (Fsp3) is 0.105. The van der Waals surface area contributed by atoms with E-state index in [9.17, 15) is 4.79 Å². The van der Waals surface area contributed by atoms with Crippen LogP contribution >= 0.6 is 0 Å². The molecule has 0 saturated carbocycles. The zero-order valence-corrected chi connectivity index (χ0v) is 13.5. The molecular weight excluding hydrogens is 318 g/mol. The van der Waals surface area contributed by atoms with Gasteiger partial charge in [-0.15, -0.1) is 0 Å². The molecule has 0 radical (unpaired) electrons. The molecule has 1 N–H and O–H groups in total. The molecule has 6 nitrogen and oxygen atoms in total. The molecule has 2 aromatic rings. The number of rotatable bonds is 8. The number of carbonyl (C=O) groups excluding carboxylic acids is 1. The van der Waals surface area contributed by atoms with Crippen molar-refractivity contribution in [3.63, 3.8) is 0 Å². The van der Waals surface area contributed by atoms with Crippen LogP contribution < -0.4 is 14.9 Å². The van der Waals surface area contributed by atoms with Crippen molar-refractivity contribution in [2.75, 3.05) is 13.2 Å². The number of para-hydroxylation sites is 2.